The van der Waals surface area contributed by atoms with Gasteiger partial charge in [-0.3, -0.25) is 0 Å². The van der Waals surface area contributed by atoms with Crippen LogP contribution in [0.3, 0.4) is 0 Å². The van der Waals surface area contributed by atoms with E-state index in [2.05, 4.69) is 10.1 Å². The van der Waals surface area contributed by atoms with E-state index in [9.17, 15) is 0 Å². The number of pyridine rings is 1. The summed E-state index contributed by atoms with van der Waals surface area (Å²) in [6.07, 6.45) is 7.38. The summed E-state index contributed by atoms with van der Waals surface area (Å²) in [6, 6.07) is 19.2. The Morgan fingerprint density at radius 1 is 0.935 bits per heavy atom. The van der Waals surface area contributed by atoms with Gasteiger partial charge in [-0.2, -0.15) is 5.10 Å². The van der Waals surface area contributed by atoms with E-state index in [-0.39, 0.29) is 0 Å². The van der Waals surface area contributed by atoms with Gasteiger partial charge in [0.05, 0.1) is 18.2 Å². The fourth-order valence-corrected chi connectivity index (χ4v) is 3.36. The molecule has 0 aliphatic rings. The first-order chi connectivity index (χ1) is 15.2. The number of nitrogen functional groups attached to an aromatic ring is 1. The van der Waals surface area contributed by atoms with Crippen LogP contribution in [0.25, 0.3) is 16.8 Å². The quantitative estimate of drug-likeness (QED) is 0.410. The highest BCUT2D eigenvalue weighted by Gasteiger charge is 2.14. The van der Waals surface area contributed by atoms with Crippen molar-refractivity contribution < 1.29 is 9.47 Å². The third-order valence-corrected chi connectivity index (χ3v) is 4.90. The predicted molar refractivity (Wildman–Crippen MR) is 119 cm³/mol. The molecule has 0 fully saturated rings. The van der Waals surface area contributed by atoms with Crippen LogP contribution in [0, 0.1) is 0 Å². The third kappa shape index (κ3) is 3.93. The number of aromatic nitrogens is 4. The molecule has 0 spiro atoms. The Kier molecular flexibility index (Phi) is 4.76. The number of ether oxygens (including phenoxy) is 2. The zero-order valence-corrected chi connectivity index (χ0v) is 17.0. The third-order valence-electron chi connectivity index (χ3n) is 4.90. The topological polar surface area (TPSA) is 79.6 Å². The second-order valence-corrected chi connectivity index (χ2v) is 7.26. The molecule has 0 saturated heterocycles. The molecule has 0 bridgehead atoms. The Morgan fingerprint density at radius 2 is 1.81 bits per heavy atom. The molecule has 0 saturated carbocycles. The summed E-state index contributed by atoms with van der Waals surface area (Å²) >= 11 is 0. The van der Waals surface area contributed by atoms with Crippen molar-refractivity contribution in [2.45, 2.75) is 6.61 Å². The fourth-order valence-electron chi connectivity index (χ4n) is 3.36. The molecule has 2 aromatic carbocycles. The molecule has 2 N–H and O–H groups in total. The molecule has 3 aromatic heterocycles. The summed E-state index contributed by atoms with van der Waals surface area (Å²) < 4.78 is 16.0. The zero-order chi connectivity index (χ0) is 21.2. The molecule has 31 heavy (non-hydrogen) atoms. The van der Waals surface area contributed by atoms with Gasteiger partial charge in [0.15, 0.2) is 17.2 Å². The van der Waals surface area contributed by atoms with Crippen LogP contribution < -0.4 is 15.2 Å². The summed E-state index contributed by atoms with van der Waals surface area (Å²) in [6.45, 7) is 0.413. The van der Waals surface area contributed by atoms with Crippen molar-refractivity contribution in [2.24, 2.45) is 7.05 Å². The number of hydrogen-bond donors (Lipinski definition) is 1. The summed E-state index contributed by atoms with van der Waals surface area (Å²) in [5.41, 5.74) is 10.2. The first-order valence-electron chi connectivity index (χ1n) is 9.85. The maximum atomic E-state index is 6.32. The molecule has 7 heteroatoms. The molecule has 0 atom stereocenters. The number of nitrogens with zero attached hydrogens (tertiary/aromatic N) is 4. The lowest BCUT2D eigenvalue weighted by Crippen LogP contribution is -1.99. The number of fused-ring (bicyclic) bond motifs is 1. The number of rotatable bonds is 6. The number of aryl methyl sites for hydroxylation is 1. The van der Waals surface area contributed by atoms with Crippen LogP contribution in [0.4, 0.5) is 5.69 Å². The van der Waals surface area contributed by atoms with E-state index in [1.807, 2.05) is 72.5 Å². The van der Waals surface area contributed by atoms with Gasteiger partial charge < -0.3 is 19.8 Å². The smallest absolute Gasteiger partial charge is 0.169 e. The van der Waals surface area contributed by atoms with Crippen molar-refractivity contribution in [1.82, 2.24) is 19.2 Å². The maximum Gasteiger partial charge on any atom is 0.169 e. The fraction of sp³-hybridized carbons (Fsp3) is 0.0833. The molecular weight excluding hydrogens is 390 g/mol. The Hall–Kier alpha value is -4.26. The SMILES string of the molecule is Cn1cnc(-c2cc(Oc3ccc(N)cc3OCc3ccccc3)c3ccnn3c2)c1. The second kappa shape index (κ2) is 7.87. The van der Waals surface area contributed by atoms with E-state index < -0.39 is 0 Å². The molecule has 3 heterocycles. The van der Waals surface area contributed by atoms with Crippen molar-refractivity contribution in [3.8, 4) is 28.5 Å². The summed E-state index contributed by atoms with van der Waals surface area (Å²) in [5, 5.41) is 4.38. The largest absolute Gasteiger partial charge is 0.485 e. The number of benzene rings is 2. The molecule has 0 aliphatic heterocycles. The van der Waals surface area contributed by atoms with Gasteiger partial charge in [0.25, 0.3) is 0 Å². The van der Waals surface area contributed by atoms with Crippen molar-refractivity contribution in [3.05, 3.63) is 91.1 Å². The average Bonchev–Trinajstić information content (AvgIpc) is 3.43. The monoisotopic (exact) mass is 411 g/mol. The Bertz CT molecular complexity index is 1340. The zero-order valence-electron chi connectivity index (χ0n) is 17.0. The Balaban J connectivity index is 1.50. The predicted octanol–water partition coefficient (Wildman–Crippen LogP) is 4.69. The molecule has 0 unspecified atom stereocenters. The van der Waals surface area contributed by atoms with Crippen LogP contribution in [0.15, 0.2) is 85.6 Å². The van der Waals surface area contributed by atoms with Crippen molar-refractivity contribution >= 4 is 11.2 Å². The lowest BCUT2D eigenvalue weighted by molar-refractivity contribution is 0.292. The molecular formula is C24H21N5O2. The molecule has 5 rings (SSSR count). The van der Waals surface area contributed by atoms with Gasteiger partial charge in [0.1, 0.15) is 12.1 Å². The minimum atomic E-state index is 0.413. The van der Waals surface area contributed by atoms with Gasteiger partial charge in [0, 0.05) is 36.8 Å². The van der Waals surface area contributed by atoms with Gasteiger partial charge >= 0.3 is 0 Å². The van der Waals surface area contributed by atoms with Crippen molar-refractivity contribution in [3.63, 3.8) is 0 Å². The molecule has 0 amide bonds. The lowest BCUT2D eigenvalue weighted by atomic mass is 10.2. The Labute approximate surface area is 179 Å². The first kappa shape index (κ1) is 18.7. The van der Waals surface area contributed by atoms with Crippen LogP contribution in [0.2, 0.25) is 0 Å². The van der Waals surface area contributed by atoms with Crippen LogP contribution in [-0.2, 0) is 13.7 Å². The van der Waals surface area contributed by atoms with Gasteiger partial charge in [-0.25, -0.2) is 9.50 Å². The number of imidazole rings is 1. The van der Waals surface area contributed by atoms with E-state index in [4.69, 9.17) is 15.2 Å². The molecule has 5 aromatic rings. The van der Waals surface area contributed by atoms with E-state index in [1.54, 1.807) is 29.2 Å². The Morgan fingerprint density at radius 3 is 2.61 bits per heavy atom. The second-order valence-electron chi connectivity index (χ2n) is 7.26. The molecule has 0 aliphatic carbocycles. The molecule has 0 radical (unpaired) electrons. The van der Waals surface area contributed by atoms with Crippen molar-refractivity contribution in [2.75, 3.05) is 5.73 Å². The lowest BCUT2D eigenvalue weighted by Gasteiger charge is -2.14. The van der Waals surface area contributed by atoms with Crippen LogP contribution in [-0.4, -0.2) is 19.2 Å². The van der Waals surface area contributed by atoms with Gasteiger partial charge in [0.2, 0.25) is 0 Å². The van der Waals surface area contributed by atoms with E-state index >= 15 is 0 Å². The standard InChI is InChI=1S/C24H21N5O2/c1-28-14-20(26-16-28)18-11-23(21-9-10-27-29(21)13-18)31-22-8-7-19(25)12-24(22)30-15-17-5-3-2-4-6-17/h2-14,16H,15,25H2,1H3. The number of hydrogen-bond acceptors (Lipinski definition) is 5. The highest BCUT2D eigenvalue weighted by atomic mass is 16.5. The van der Waals surface area contributed by atoms with Gasteiger partial charge in [-0.05, 0) is 29.8 Å². The van der Waals surface area contributed by atoms with E-state index in [0.717, 1.165) is 22.3 Å². The van der Waals surface area contributed by atoms with E-state index in [1.165, 1.54) is 0 Å². The highest BCUT2D eigenvalue weighted by Crippen LogP contribution is 2.37. The summed E-state index contributed by atoms with van der Waals surface area (Å²) in [7, 11) is 1.94. The van der Waals surface area contributed by atoms with Gasteiger partial charge in [-0.1, -0.05) is 30.3 Å². The number of anilines is 1. The summed E-state index contributed by atoms with van der Waals surface area (Å²) in [5.74, 6) is 1.80. The minimum Gasteiger partial charge on any atom is -0.485 e. The minimum absolute atomic E-state index is 0.413. The number of nitrogens with two attached hydrogens (primary N) is 1. The van der Waals surface area contributed by atoms with Crippen LogP contribution >= 0.6 is 0 Å². The highest BCUT2D eigenvalue weighted by molar-refractivity contribution is 5.70. The molecule has 7 nitrogen and oxygen atoms in total. The van der Waals surface area contributed by atoms with Gasteiger partial charge in [-0.15, -0.1) is 0 Å². The van der Waals surface area contributed by atoms with Crippen molar-refractivity contribution in [1.29, 1.82) is 0 Å². The van der Waals surface area contributed by atoms with Crippen LogP contribution in [0.5, 0.6) is 17.2 Å². The normalized spacial score (nSPS) is 11.0. The van der Waals surface area contributed by atoms with E-state index in [0.29, 0.717) is 29.5 Å². The summed E-state index contributed by atoms with van der Waals surface area (Å²) in [4.78, 5) is 4.44. The maximum absolute atomic E-state index is 6.32. The molecule has 154 valence electrons. The average molecular weight is 411 g/mol. The first-order valence-corrected chi connectivity index (χ1v) is 9.85. The van der Waals surface area contributed by atoms with Crippen LogP contribution in [0.1, 0.15) is 5.56 Å².